The fourth-order valence-corrected chi connectivity index (χ4v) is 4.25. The second-order valence-electron chi connectivity index (χ2n) is 7.79. The molecule has 2 aromatic rings. The van der Waals surface area contributed by atoms with E-state index < -0.39 is 23.3 Å². The fourth-order valence-electron chi connectivity index (χ4n) is 4.25. The number of benzene rings is 1. The van der Waals surface area contributed by atoms with E-state index in [2.05, 4.69) is 0 Å². The number of rotatable bonds is 4. The molecule has 2 heterocycles. The lowest BCUT2D eigenvalue weighted by molar-refractivity contribution is 0.0523. The summed E-state index contributed by atoms with van der Waals surface area (Å²) in [6, 6.07) is 1.23. The van der Waals surface area contributed by atoms with Crippen LogP contribution in [0.1, 0.15) is 55.1 Å². The van der Waals surface area contributed by atoms with Crippen LogP contribution in [-0.2, 0) is 0 Å². The normalized spacial score (nSPS) is 21.3. The number of hydrogen-bond donors (Lipinski definition) is 3. The van der Waals surface area contributed by atoms with E-state index in [9.17, 15) is 24.9 Å². The Labute approximate surface area is 174 Å². The molecule has 4 rings (SSSR count). The Bertz CT molecular complexity index is 1010. The lowest BCUT2D eigenvalue weighted by Gasteiger charge is -2.38. The van der Waals surface area contributed by atoms with Crippen LogP contribution in [-0.4, -0.2) is 51.7 Å². The minimum atomic E-state index is -1.32. The number of halogens is 1. The molecule has 1 aromatic carbocycles. The number of carboxylic acid groups (broad SMARTS) is 1. The number of aliphatic hydroxyl groups is 2. The van der Waals surface area contributed by atoms with Gasteiger partial charge in [-0.25, -0.2) is 9.18 Å². The van der Waals surface area contributed by atoms with E-state index in [0.29, 0.717) is 36.3 Å². The third-order valence-corrected chi connectivity index (χ3v) is 5.89. The Hall–Kier alpha value is -2.45. The number of aliphatic hydroxyl groups excluding tert-OH is 2. The highest BCUT2D eigenvalue weighted by Crippen LogP contribution is 2.40. The van der Waals surface area contributed by atoms with Gasteiger partial charge in [-0.1, -0.05) is 13.8 Å². The number of carbonyl (C=O) groups is 1. The van der Waals surface area contributed by atoms with E-state index >= 15 is 4.39 Å². The first-order valence-electron chi connectivity index (χ1n) is 10.5. The molecule has 1 aliphatic carbocycles. The zero-order chi connectivity index (χ0) is 22.2. The molecular weight excluding hydrogens is 391 g/mol. The van der Waals surface area contributed by atoms with Crippen molar-refractivity contribution in [3.8, 4) is 0 Å². The number of carboxylic acids is 1. The van der Waals surface area contributed by atoms with Crippen LogP contribution in [0.25, 0.3) is 10.9 Å². The minimum absolute atomic E-state index is 0.0707. The van der Waals surface area contributed by atoms with Gasteiger partial charge in [0.05, 0.1) is 23.9 Å². The van der Waals surface area contributed by atoms with Gasteiger partial charge in [-0.3, -0.25) is 4.79 Å². The predicted octanol–water partition coefficient (Wildman–Crippen LogP) is 2.69. The first-order valence-corrected chi connectivity index (χ1v) is 10.5. The molecule has 0 amide bonds. The largest absolute Gasteiger partial charge is 0.477 e. The van der Waals surface area contributed by atoms with Crippen molar-refractivity contribution in [2.45, 2.75) is 52.2 Å². The molecule has 0 bridgehead atoms. The molecule has 2 unspecified atom stereocenters. The van der Waals surface area contributed by atoms with Crippen molar-refractivity contribution in [2.24, 2.45) is 5.92 Å². The smallest absolute Gasteiger partial charge is 0.341 e. The van der Waals surface area contributed by atoms with Crippen molar-refractivity contribution in [1.82, 2.24) is 4.57 Å². The molecular formula is C22H29FN2O5. The summed E-state index contributed by atoms with van der Waals surface area (Å²) < 4.78 is 16.9. The van der Waals surface area contributed by atoms with Crippen molar-refractivity contribution in [2.75, 3.05) is 24.6 Å². The summed E-state index contributed by atoms with van der Waals surface area (Å²) in [4.78, 5) is 25.9. The third-order valence-electron chi connectivity index (χ3n) is 5.89. The summed E-state index contributed by atoms with van der Waals surface area (Å²) in [5, 5.41) is 28.9. The van der Waals surface area contributed by atoms with Gasteiger partial charge in [0.1, 0.15) is 11.4 Å². The number of piperidine rings is 1. The summed E-state index contributed by atoms with van der Waals surface area (Å²) >= 11 is 0. The van der Waals surface area contributed by atoms with Gasteiger partial charge in [0.25, 0.3) is 0 Å². The van der Waals surface area contributed by atoms with E-state index in [0.717, 1.165) is 18.9 Å². The van der Waals surface area contributed by atoms with Gasteiger partial charge in [-0.2, -0.15) is 0 Å². The maximum absolute atomic E-state index is 15.1. The Morgan fingerprint density at radius 1 is 1.27 bits per heavy atom. The number of anilines is 1. The fraction of sp³-hybridized carbons (Fsp3) is 0.545. The SMILES string of the molecule is CC.Cc1c(N2CCC(O)C(CO)C2)c(F)cc2c(=O)c(C(=O)O)cn(C3CC3)c12. The summed E-state index contributed by atoms with van der Waals surface area (Å²) in [6.45, 7) is 6.28. The number of nitrogens with zero attached hydrogens (tertiary/aromatic N) is 2. The van der Waals surface area contributed by atoms with Gasteiger partial charge in [0.2, 0.25) is 5.43 Å². The van der Waals surface area contributed by atoms with Crippen LogP contribution in [0, 0.1) is 18.7 Å². The van der Waals surface area contributed by atoms with Gasteiger partial charge in [-0.05, 0) is 37.8 Å². The van der Waals surface area contributed by atoms with Gasteiger partial charge in [0.15, 0.2) is 0 Å². The number of hydrogen-bond acceptors (Lipinski definition) is 5. The monoisotopic (exact) mass is 420 g/mol. The Morgan fingerprint density at radius 3 is 2.50 bits per heavy atom. The molecule has 1 aliphatic heterocycles. The molecule has 2 atom stereocenters. The standard InChI is InChI=1S/C20H23FN2O5.C2H6/c1-10-17-13(19(26)14(20(27)28)8-23(17)12-2-3-12)6-15(21)18(10)22-5-4-16(25)11(7-22)9-24;1-2/h6,8,11-12,16,24-25H,2-5,7,9H2,1H3,(H,27,28);1-2H3. The van der Waals surface area contributed by atoms with Crippen molar-refractivity contribution in [1.29, 1.82) is 0 Å². The molecule has 2 aliphatic rings. The molecule has 0 radical (unpaired) electrons. The lowest BCUT2D eigenvalue weighted by atomic mass is 9.94. The number of aromatic nitrogens is 1. The maximum Gasteiger partial charge on any atom is 0.341 e. The predicted molar refractivity (Wildman–Crippen MR) is 113 cm³/mol. The van der Waals surface area contributed by atoms with Crippen molar-refractivity contribution in [3.63, 3.8) is 0 Å². The van der Waals surface area contributed by atoms with E-state index in [1.54, 1.807) is 16.4 Å². The molecule has 1 aromatic heterocycles. The van der Waals surface area contributed by atoms with Gasteiger partial charge < -0.3 is 24.8 Å². The van der Waals surface area contributed by atoms with Crippen molar-refractivity contribution >= 4 is 22.6 Å². The summed E-state index contributed by atoms with van der Waals surface area (Å²) in [7, 11) is 0. The number of fused-ring (bicyclic) bond motifs is 1. The highest BCUT2D eigenvalue weighted by atomic mass is 19.1. The lowest BCUT2D eigenvalue weighted by Crippen LogP contribution is -2.45. The van der Waals surface area contributed by atoms with E-state index in [4.69, 9.17) is 0 Å². The van der Waals surface area contributed by atoms with Crippen LogP contribution in [0.5, 0.6) is 0 Å². The third kappa shape index (κ3) is 3.81. The topological polar surface area (TPSA) is 103 Å². The molecule has 8 heteroatoms. The average molecular weight is 420 g/mol. The zero-order valence-corrected chi connectivity index (χ0v) is 17.6. The van der Waals surface area contributed by atoms with Gasteiger partial charge >= 0.3 is 5.97 Å². The molecule has 30 heavy (non-hydrogen) atoms. The minimum Gasteiger partial charge on any atom is -0.477 e. The van der Waals surface area contributed by atoms with Crippen LogP contribution < -0.4 is 10.3 Å². The molecule has 164 valence electrons. The van der Waals surface area contributed by atoms with Crippen molar-refractivity contribution < 1.29 is 24.5 Å². The first-order chi connectivity index (χ1) is 14.3. The van der Waals surface area contributed by atoms with E-state index in [1.165, 1.54) is 6.20 Å². The summed E-state index contributed by atoms with van der Waals surface area (Å²) in [5.41, 5.74) is 0.432. The van der Waals surface area contributed by atoms with Gasteiger partial charge in [0, 0.05) is 36.6 Å². The Kier molecular flexibility index (Phi) is 6.47. The Morgan fingerprint density at radius 2 is 1.93 bits per heavy atom. The molecule has 7 nitrogen and oxygen atoms in total. The molecule has 3 N–H and O–H groups in total. The highest BCUT2D eigenvalue weighted by molar-refractivity contribution is 5.95. The van der Waals surface area contributed by atoms with Crippen LogP contribution in [0.4, 0.5) is 10.1 Å². The van der Waals surface area contributed by atoms with Crippen LogP contribution in [0.3, 0.4) is 0 Å². The van der Waals surface area contributed by atoms with Crippen LogP contribution in [0.2, 0.25) is 0 Å². The second-order valence-corrected chi connectivity index (χ2v) is 7.79. The maximum atomic E-state index is 15.1. The number of aryl methyl sites for hydroxylation is 1. The van der Waals surface area contributed by atoms with Crippen LogP contribution in [0.15, 0.2) is 17.1 Å². The summed E-state index contributed by atoms with van der Waals surface area (Å²) in [5.74, 6) is -2.29. The second kappa shape index (κ2) is 8.73. The van der Waals surface area contributed by atoms with Crippen molar-refractivity contribution in [3.05, 3.63) is 39.4 Å². The zero-order valence-electron chi connectivity index (χ0n) is 17.6. The van der Waals surface area contributed by atoms with Gasteiger partial charge in [-0.15, -0.1) is 0 Å². The number of aromatic carboxylic acids is 1. The van der Waals surface area contributed by atoms with E-state index in [1.807, 2.05) is 13.8 Å². The first kappa shape index (κ1) is 22.2. The number of pyridine rings is 1. The Balaban J connectivity index is 0.00000124. The van der Waals surface area contributed by atoms with E-state index in [-0.39, 0.29) is 29.5 Å². The molecule has 0 spiro atoms. The quantitative estimate of drug-likeness (QED) is 0.703. The molecule has 2 fully saturated rings. The average Bonchev–Trinajstić information content (AvgIpc) is 3.56. The highest BCUT2D eigenvalue weighted by Gasteiger charge is 2.32. The molecule has 1 saturated carbocycles. The van der Waals surface area contributed by atoms with Crippen LogP contribution >= 0.6 is 0 Å². The summed E-state index contributed by atoms with van der Waals surface area (Å²) in [6.07, 6.45) is 2.91. The molecule has 1 saturated heterocycles.